The second-order valence-corrected chi connectivity index (χ2v) is 7.54. The minimum atomic E-state index is -3.10. The first-order valence-electron chi connectivity index (χ1n) is 6.37. The van der Waals surface area contributed by atoms with Crippen molar-refractivity contribution in [2.45, 2.75) is 13.5 Å². The fourth-order valence-corrected chi connectivity index (χ4v) is 4.14. The van der Waals surface area contributed by atoms with Gasteiger partial charge in [0.15, 0.2) is 21.4 Å². The fourth-order valence-electron chi connectivity index (χ4n) is 2.47. The maximum atomic E-state index is 13.7. The molecule has 112 valence electrons. The zero-order valence-electron chi connectivity index (χ0n) is 11.1. The van der Waals surface area contributed by atoms with Crippen LogP contribution in [0.1, 0.15) is 12.5 Å². The lowest BCUT2D eigenvalue weighted by molar-refractivity contribution is 0.248. The van der Waals surface area contributed by atoms with Crippen molar-refractivity contribution in [1.29, 1.82) is 0 Å². The molecule has 4 nitrogen and oxygen atoms in total. The number of sulfone groups is 1. The highest BCUT2D eigenvalue weighted by molar-refractivity contribution is 7.91. The molecular weight excluding hydrogens is 288 g/mol. The molecule has 2 rings (SSSR count). The maximum Gasteiger partial charge on any atom is 0.172 e. The van der Waals surface area contributed by atoms with Crippen molar-refractivity contribution in [1.82, 2.24) is 4.90 Å². The van der Waals surface area contributed by atoms with E-state index in [0.29, 0.717) is 6.54 Å². The summed E-state index contributed by atoms with van der Waals surface area (Å²) in [5.74, 6) is -2.33. The number of hydrogen-bond acceptors (Lipinski definition) is 4. The molecule has 1 unspecified atom stereocenters. The number of benzene rings is 1. The van der Waals surface area contributed by atoms with E-state index in [2.05, 4.69) is 0 Å². The van der Waals surface area contributed by atoms with Crippen molar-refractivity contribution in [2.24, 2.45) is 5.92 Å². The van der Waals surface area contributed by atoms with E-state index in [9.17, 15) is 22.3 Å². The Labute approximate surface area is 116 Å². The Morgan fingerprint density at radius 1 is 1.40 bits per heavy atom. The molecule has 0 aromatic heterocycles. The zero-order valence-corrected chi connectivity index (χ0v) is 12.0. The Kier molecular flexibility index (Phi) is 4.29. The highest BCUT2D eigenvalue weighted by Crippen LogP contribution is 2.24. The van der Waals surface area contributed by atoms with Crippen LogP contribution in [0.5, 0.6) is 5.75 Å². The number of aromatic hydroxyl groups is 1. The first kappa shape index (κ1) is 15.2. The van der Waals surface area contributed by atoms with Crippen LogP contribution in [0, 0.1) is 17.6 Å². The van der Waals surface area contributed by atoms with Gasteiger partial charge < -0.3 is 5.11 Å². The van der Waals surface area contributed by atoms with Crippen LogP contribution in [0.3, 0.4) is 0 Å². The second-order valence-electron chi connectivity index (χ2n) is 5.31. The van der Waals surface area contributed by atoms with E-state index in [4.69, 9.17) is 0 Å². The molecule has 0 saturated carbocycles. The summed E-state index contributed by atoms with van der Waals surface area (Å²) in [5.41, 5.74) is -0.225. The van der Waals surface area contributed by atoms with Gasteiger partial charge in [-0.25, -0.2) is 17.2 Å². The Balaban J connectivity index is 2.20. The average Bonchev–Trinajstić information content (AvgIpc) is 2.47. The van der Waals surface area contributed by atoms with Gasteiger partial charge in [-0.1, -0.05) is 6.92 Å². The molecule has 1 aromatic carbocycles. The van der Waals surface area contributed by atoms with Crippen LogP contribution in [0.15, 0.2) is 12.1 Å². The molecule has 0 aliphatic carbocycles. The fraction of sp³-hybridized carbons (Fsp3) is 0.538. The molecule has 1 aliphatic heterocycles. The molecule has 7 heteroatoms. The molecule has 0 spiro atoms. The van der Waals surface area contributed by atoms with Crippen LogP contribution in [-0.4, -0.2) is 43.0 Å². The molecule has 1 aliphatic rings. The molecule has 1 saturated heterocycles. The van der Waals surface area contributed by atoms with Crippen LogP contribution >= 0.6 is 0 Å². The number of rotatable bonds is 2. The standard InChI is InChI=1S/C13H17F2NO3S/c1-9-6-16(4-5-20(18,19)8-9)7-10-11(14)2-3-12(17)13(10)15/h2-3,9,17H,4-8H2,1H3. The van der Waals surface area contributed by atoms with Crippen LogP contribution in [0.4, 0.5) is 8.78 Å². The van der Waals surface area contributed by atoms with Gasteiger partial charge in [0.25, 0.3) is 0 Å². The Morgan fingerprint density at radius 3 is 2.80 bits per heavy atom. The zero-order chi connectivity index (χ0) is 14.9. The first-order chi connectivity index (χ1) is 9.28. The third-order valence-electron chi connectivity index (χ3n) is 3.37. The molecule has 0 bridgehead atoms. The number of halogens is 2. The Hall–Kier alpha value is -1.21. The van der Waals surface area contributed by atoms with Crippen molar-refractivity contribution in [3.8, 4) is 5.75 Å². The van der Waals surface area contributed by atoms with Gasteiger partial charge in [-0.05, 0) is 18.1 Å². The lowest BCUT2D eigenvalue weighted by Gasteiger charge is -2.22. The van der Waals surface area contributed by atoms with Crippen LogP contribution in [0.25, 0.3) is 0 Å². The molecule has 0 amide bonds. The van der Waals surface area contributed by atoms with Crippen molar-refractivity contribution in [2.75, 3.05) is 24.6 Å². The van der Waals surface area contributed by atoms with E-state index in [-0.39, 0.29) is 36.1 Å². The van der Waals surface area contributed by atoms with Gasteiger partial charge in [0.05, 0.1) is 11.5 Å². The molecule has 1 aromatic rings. The van der Waals surface area contributed by atoms with Gasteiger partial charge >= 0.3 is 0 Å². The molecule has 1 heterocycles. The molecule has 1 fully saturated rings. The Morgan fingerprint density at radius 2 is 2.10 bits per heavy atom. The summed E-state index contributed by atoms with van der Waals surface area (Å²) in [6.45, 7) is 2.44. The van der Waals surface area contributed by atoms with E-state index in [1.165, 1.54) is 0 Å². The minimum Gasteiger partial charge on any atom is -0.505 e. The van der Waals surface area contributed by atoms with E-state index in [0.717, 1.165) is 12.1 Å². The highest BCUT2D eigenvalue weighted by Gasteiger charge is 2.26. The summed E-state index contributed by atoms with van der Waals surface area (Å²) in [7, 11) is -3.10. The summed E-state index contributed by atoms with van der Waals surface area (Å²) in [4.78, 5) is 1.70. The van der Waals surface area contributed by atoms with Crippen LogP contribution in [0.2, 0.25) is 0 Å². The molecule has 1 atom stereocenters. The largest absolute Gasteiger partial charge is 0.505 e. The molecule has 0 radical (unpaired) electrons. The van der Waals surface area contributed by atoms with Gasteiger partial charge in [0.2, 0.25) is 0 Å². The number of phenols is 1. The van der Waals surface area contributed by atoms with Gasteiger partial charge in [0.1, 0.15) is 5.82 Å². The van der Waals surface area contributed by atoms with Crippen LogP contribution < -0.4 is 0 Å². The van der Waals surface area contributed by atoms with Crippen molar-refractivity contribution in [3.63, 3.8) is 0 Å². The lowest BCUT2D eigenvalue weighted by atomic mass is 10.1. The van der Waals surface area contributed by atoms with Gasteiger partial charge in [-0.15, -0.1) is 0 Å². The second kappa shape index (κ2) is 5.65. The van der Waals surface area contributed by atoms with Crippen molar-refractivity contribution in [3.05, 3.63) is 29.3 Å². The van der Waals surface area contributed by atoms with Crippen molar-refractivity contribution < 1.29 is 22.3 Å². The van der Waals surface area contributed by atoms with E-state index in [1.807, 2.05) is 0 Å². The third kappa shape index (κ3) is 3.46. The average molecular weight is 305 g/mol. The van der Waals surface area contributed by atoms with E-state index in [1.54, 1.807) is 11.8 Å². The van der Waals surface area contributed by atoms with E-state index < -0.39 is 27.2 Å². The molecule has 20 heavy (non-hydrogen) atoms. The summed E-state index contributed by atoms with van der Waals surface area (Å²) in [5, 5.41) is 9.29. The normalized spacial score (nSPS) is 23.4. The number of phenolic OH excluding ortho intramolecular Hbond substituents is 1. The Bertz CT molecular complexity index is 604. The summed E-state index contributed by atoms with van der Waals surface area (Å²) in [6.07, 6.45) is 0. The molecule has 1 N–H and O–H groups in total. The van der Waals surface area contributed by atoms with Gasteiger partial charge in [-0.3, -0.25) is 4.90 Å². The highest BCUT2D eigenvalue weighted by atomic mass is 32.2. The first-order valence-corrected chi connectivity index (χ1v) is 8.19. The lowest BCUT2D eigenvalue weighted by Crippen LogP contribution is -2.29. The summed E-state index contributed by atoms with van der Waals surface area (Å²) < 4.78 is 50.7. The maximum absolute atomic E-state index is 13.7. The van der Waals surface area contributed by atoms with E-state index >= 15 is 0 Å². The smallest absolute Gasteiger partial charge is 0.172 e. The van der Waals surface area contributed by atoms with Gasteiger partial charge in [-0.2, -0.15) is 0 Å². The number of hydrogen-bond donors (Lipinski definition) is 1. The monoisotopic (exact) mass is 305 g/mol. The van der Waals surface area contributed by atoms with Crippen LogP contribution in [-0.2, 0) is 16.4 Å². The topological polar surface area (TPSA) is 57.6 Å². The molecular formula is C13H17F2NO3S. The third-order valence-corrected chi connectivity index (χ3v) is 5.26. The number of nitrogens with zero attached hydrogens (tertiary/aromatic N) is 1. The van der Waals surface area contributed by atoms with Gasteiger partial charge in [0, 0.05) is 25.2 Å². The summed E-state index contributed by atoms with van der Waals surface area (Å²) in [6, 6.07) is 1.97. The quantitative estimate of drug-likeness (QED) is 0.900. The van der Waals surface area contributed by atoms with Crippen molar-refractivity contribution >= 4 is 9.84 Å². The predicted octanol–water partition coefficient (Wildman–Crippen LogP) is 1.54. The minimum absolute atomic E-state index is 0.0145. The predicted molar refractivity (Wildman–Crippen MR) is 71.1 cm³/mol. The summed E-state index contributed by atoms with van der Waals surface area (Å²) >= 11 is 0. The SMILES string of the molecule is CC1CN(Cc2c(F)ccc(O)c2F)CCS(=O)(=O)C1.